The number of piperidine rings is 1. The first-order chi connectivity index (χ1) is 29.1. The molecule has 3 fully saturated rings. The van der Waals surface area contributed by atoms with Gasteiger partial charge in [0, 0.05) is 71.3 Å². The van der Waals surface area contributed by atoms with Crippen LogP contribution in [0.25, 0.3) is 0 Å². The molecule has 0 aromatic heterocycles. The van der Waals surface area contributed by atoms with Gasteiger partial charge in [-0.25, -0.2) is 9.59 Å². The zero-order chi connectivity index (χ0) is 45.9. The fraction of sp³-hybridized carbons (Fsp3) is 0.636. The summed E-state index contributed by atoms with van der Waals surface area (Å²) in [5.41, 5.74) is -2.85. The fourth-order valence-corrected chi connectivity index (χ4v) is 9.21. The van der Waals surface area contributed by atoms with Gasteiger partial charge >= 0.3 is 18.0 Å². The summed E-state index contributed by atoms with van der Waals surface area (Å²) in [6.07, 6.45) is 1.59. The molecule has 3 heterocycles. The molecule has 4 bridgehead atoms. The minimum atomic E-state index is -1.94. The highest BCUT2D eigenvalue weighted by atomic mass is 35.5. The maximum Gasteiger partial charge on any atom is 0.409 e. The number of carbonyl (C=O) groups is 6. The van der Waals surface area contributed by atoms with Crippen molar-refractivity contribution in [3.63, 3.8) is 0 Å². The van der Waals surface area contributed by atoms with Crippen LogP contribution in [0.4, 0.5) is 10.5 Å². The minimum Gasteiger partial charge on any atom is -0.495 e. The van der Waals surface area contributed by atoms with Crippen LogP contribution in [0.15, 0.2) is 35.9 Å². The van der Waals surface area contributed by atoms with Crippen molar-refractivity contribution in [1.29, 1.82) is 0 Å². The normalized spacial score (nSPS) is 30.0. The molecule has 8 atom stereocenters. The van der Waals surface area contributed by atoms with E-state index < -0.39 is 89.2 Å². The van der Waals surface area contributed by atoms with Gasteiger partial charge < -0.3 is 49.0 Å². The first-order valence-electron chi connectivity index (χ1n) is 21.0. The Morgan fingerprint density at radius 1 is 1.13 bits per heavy atom. The zero-order valence-electron chi connectivity index (χ0n) is 36.8. The summed E-state index contributed by atoms with van der Waals surface area (Å²) in [6, 6.07) is 2.38. The molecule has 4 aliphatic rings. The van der Waals surface area contributed by atoms with E-state index in [1.54, 1.807) is 43.0 Å². The summed E-state index contributed by atoms with van der Waals surface area (Å²) in [5, 5.41) is 35.9. The third-order valence-electron chi connectivity index (χ3n) is 13.3. The summed E-state index contributed by atoms with van der Waals surface area (Å²) in [4.78, 5) is 83.0. The number of carbonyl (C=O) groups excluding carboxylic acids is 5. The van der Waals surface area contributed by atoms with Crippen molar-refractivity contribution in [2.24, 2.45) is 17.3 Å². The van der Waals surface area contributed by atoms with Crippen molar-refractivity contribution in [3.05, 3.63) is 46.5 Å². The Kier molecular flexibility index (Phi) is 15.1. The van der Waals surface area contributed by atoms with E-state index in [4.69, 9.17) is 30.5 Å². The molecule has 1 aromatic rings. The quantitative estimate of drug-likeness (QED) is 0.245. The monoisotopic (exact) mass is 888 g/mol. The van der Waals surface area contributed by atoms with Crippen LogP contribution in [-0.2, 0) is 44.6 Å². The first kappa shape index (κ1) is 48.3. The number of aliphatic hydroxyl groups excluding tert-OH is 1. The summed E-state index contributed by atoms with van der Waals surface area (Å²) in [5.74, 6) is -3.83. The Hall–Kier alpha value is -4.71. The largest absolute Gasteiger partial charge is 0.495 e. The Balaban J connectivity index is 1.40. The Morgan fingerprint density at radius 3 is 2.44 bits per heavy atom. The number of anilines is 1. The minimum absolute atomic E-state index is 0.0146. The molecule has 1 aliphatic carbocycles. The van der Waals surface area contributed by atoms with Gasteiger partial charge in [0.2, 0.25) is 17.7 Å². The third kappa shape index (κ3) is 10.2. The van der Waals surface area contributed by atoms with Gasteiger partial charge in [-0.05, 0) is 57.2 Å². The Bertz CT molecular complexity index is 1970. The number of fused-ring (bicyclic) bond motifs is 5. The number of esters is 1. The van der Waals surface area contributed by atoms with Crippen LogP contribution in [0.5, 0.6) is 5.75 Å². The van der Waals surface area contributed by atoms with Crippen LogP contribution in [-0.4, -0.2) is 138 Å². The van der Waals surface area contributed by atoms with E-state index in [2.05, 4.69) is 5.32 Å². The number of methoxy groups -OCH3 is 2. The molecule has 18 heteroatoms. The number of nitrogens with one attached hydrogen (secondary N) is 1. The van der Waals surface area contributed by atoms with Crippen molar-refractivity contribution in [1.82, 2.24) is 15.1 Å². The van der Waals surface area contributed by atoms with Gasteiger partial charge in [0.1, 0.15) is 34.6 Å². The molecule has 342 valence electrons. The van der Waals surface area contributed by atoms with Gasteiger partial charge in [-0.2, -0.15) is 0 Å². The molecular formula is C44H61ClN4O13. The number of aliphatic carboxylic acids is 1. The van der Waals surface area contributed by atoms with Crippen LogP contribution in [0.3, 0.4) is 0 Å². The Labute approximate surface area is 367 Å². The number of hydrogen-bond donors (Lipinski definition) is 4. The van der Waals surface area contributed by atoms with Crippen molar-refractivity contribution in [3.8, 4) is 5.75 Å². The average Bonchev–Trinajstić information content (AvgIpc) is 3.82. The summed E-state index contributed by atoms with van der Waals surface area (Å²) in [7, 11) is 5.82. The maximum atomic E-state index is 14.4. The lowest BCUT2D eigenvalue weighted by molar-refractivity contribution is -0.168. The van der Waals surface area contributed by atoms with E-state index in [0.29, 0.717) is 43.8 Å². The first-order valence-corrected chi connectivity index (χ1v) is 21.4. The number of nitrogens with zero attached hydrogens (tertiary/aromatic N) is 3. The Morgan fingerprint density at radius 2 is 1.81 bits per heavy atom. The summed E-state index contributed by atoms with van der Waals surface area (Å²) < 4.78 is 23.1. The van der Waals surface area contributed by atoms with E-state index in [0.717, 1.165) is 11.1 Å². The number of amides is 4. The molecule has 62 heavy (non-hydrogen) atoms. The zero-order valence-corrected chi connectivity index (χ0v) is 37.5. The van der Waals surface area contributed by atoms with Crippen molar-refractivity contribution >= 4 is 53.0 Å². The number of benzene rings is 1. The number of hydrogen-bond acceptors (Lipinski definition) is 12. The second kappa shape index (κ2) is 19.4. The number of carboxylic acids is 1. The number of halogens is 1. The predicted molar refractivity (Wildman–Crippen MR) is 226 cm³/mol. The van der Waals surface area contributed by atoms with Crippen LogP contribution < -0.4 is 15.0 Å². The molecule has 4 amide bonds. The number of rotatable bonds is 10. The maximum absolute atomic E-state index is 14.4. The van der Waals surface area contributed by atoms with E-state index in [9.17, 15) is 44.1 Å². The number of carboxylic acid groups (broad SMARTS) is 1. The lowest BCUT2D eigenvalue weighted by Crippen LogP contribution is -2.64. The molecular weight excluding hydrogens is 828 g/mol. The number of likely N-dealkylation sites (N-methyl/N-ethyl adjacent to an activating group) is 1. The standard InChI is InChI=1S/C44H61ClN4O13/c1-25-11-9-12-33(60-8)44(58)22-32(61-41(57)46-44)26(2)38(53)42(4)24-43(42,23-36(52)48(6)30-20-28(19-25)21-31(59-7)37(30)45)62-40(56)27(3)47(5)34(50)13-10-14-35(51)49-17-15-29(16-18-49)39(54)55/h9,11-12,20-21,26-27,29,32-33,38,53,58H,10,13-19,22-24H2,1-8H3,(H,46,57)(H,54,55). The third-order valence-corrected chi connectivity index (χ3v) is 13.7. The van der Waals surface area contributed by atoms with Gasteiger partial charge in [-0.3, -0.25) is 24.5 Å². The van der Waals surface area contributed by atoms with Crippen LogP contribution in [0, 0.1) is 17.3 Å². The van der Waals surface area contributed by atoms with Crippen LogP contribution in [0.1, 0.15) is 84.6 Å². The molecule has 1 saturated carbocycles. The molecule has 17 nitrogen and oxygen atoms in total. The SMILES string of the molecule is COc1cc2cc(c1Cl)N(C)C(=O)CC1(OC(=O)C(C)N(C)C(=O)CCCC(=O)N3CCC(C(=O)O)CC3)CC1(C)C(O)C(C)C1CC(O)(NC(=O)O1)C(OC)C=CC=C(C)C2. The van der Waals surface area contributed by atoms with Gasteiger partial charge in [-0.1, -0.05) is 49.2 Å². The van der Waals surface area contributed by atoms with Crippen LogP contribution in [0.2, 0.25) is 5.02 Å². The molecule has 0 spiro atoms. The fourth-order valence-electron chi connectivity index (χ4n) is 8.90. The molecule has 4 N–H and O–H groups in total. The van der Waals surface area contributed by atoms with Gasteiger partial charge in [0.05, 0.1) is 31.2 Å². The van der Waals surface area contributed by atoms with Crippen LogP contribution >= 0.6 is 11.6 Å². The number of likely N-dealkylation sites (tertiary alicyclic amines) is 1. The highest BCUT2D eigenvalue weighted by Crippen LogP contribution is 2.65. The van der Waals surface area contributed by atoms with E-state index in [1.165, 1.54) is 45.0 Å². The smallest absolute Gasteiger partial charge is 0.409 e. The van der Waals surface area contributed by atoms with Crippen molar-refractivity contribution in [2.45, 2.75) is 121 Å². The van der Waals surface area contributed by atoms with E-state index in [-0.39, 0.29) is 43.0 Å². The molecule has 5 rings (SSSR count). The number of aliphatic hydroxyl groups is 2. The van der Waals surface area contributed by atoms with Crippen molar-refractivity contribution < 1.29 is 63.0 Å². The number of alkyl carbamates (subject to hydrolysis) is 1. The molecule has 2 saturated heterocycles. The summed E-state index contributed by atoms with van der Waals surface area (Å²) in [6.45, 7) is 7.35. The summed E-state index contributed by atoms with van der Waals surface area (Å²) >= 11 is 6.79. The lowest BCUT2D eigenvalue weighted by atomic mass is 9.80. The second-order valence-corrected chi connectivity index (χ2v) is 17.9. The number of ether oxygens (including phenoxy) is 4. The highest BCUT2D eigenvalue weighted by molar-refractivity contribution is 6.35. The molecule has 1 aromatic carbocycles. The van der Waals surface area contributed by atoms with E-state index >= 15 is 0 Å². The molecule has 3 aliphatic heterocycles. The topological polar surface area (TPSA) is 222 Å². The van der Waals surface area contributed by atoms with E-state index in [1.807, 2.05) is 13.0 Å². The lowest BCUT2D eigenvalue weighted by Gasteiger charge is -2.43. The average molecular weight is 889 g/mol. The number of allylic oxidation sites excluding steroid dienone is 3. The van der Waals surface area contributed by atoms with Gasteiger partial charge in [-0.15, -0.1) is 0 Å². The predicted octanol–water partition coefficient (Wildman–Crippen LogP) is 3.99. The van der Waals surface area contributed by atoms with Crippen molar-refractivity contribution in [2.75, 3.05) is 46.3 Å². The van der Waals surface area contributed by atoms with Gasteiger partial charge in [0.25, 0.3) is 0 Å². The molecule has 8 unspecified atom stereocenters. The molecule has 0 radical (unpaired) electrons. The van der Waals surface area contributed by atoms with Gasteiger partial charge in [0.15, 0.2) is 5.72 Å². The second-order valence-electron chi connectivity index (χ2n) is 17.5. The highest BCUT2D eigenvalue weighted by Gasteiger charge is 2.73.